The van der Waals surface area contributed by atoms with Crippen LogP contribution in [0.1, 0.15) is 29.9 Å². The lowest BCUT2D eigenvalue weighted by Gasteiger charge is -2.16. The summed E-state index contributed by atoms with van der Waals surface area (Å²) in [5.41, 5.74) is 4.55. The number of nitrogens with one attached hydrogen (secondary N) is 2. The van der Waals surface area contributed by atoms with E-state index in [0.717, 1.165) is 22.3 Å². The normalized spacial score (nSPS) is 13.2. The van der Waals surface area contributed by atoms with Gasteiger partial charge in [0.2, 0.25) is 5.91 Å². The Morgan fingerprint density at radius 1 is 1.11 bits per heavy atom. The van der Waals surface area contributed by atoms with E-state index in [1.54, 1.807) is 6.26 Å². The molecular formula is C21H22N2O4S. The van der Waals surface area contributed by atoms with Crippen LogP contribution in [0.2, 0.25) is 0 Å². The van der Waals surface area contributed by atoms with Gasteiger partial charge in [0.1, 0.15) is 12.9 Å². The molecule has 146 valence electrons. The van der Waals surface area contributed by atoms with E-state index in [4.69, 9.17) is 4.74 Å². The monoisotopic (exact) mass is 398 g/mol. The molecule has 1 atom stereocenters. The molecule has 0 radical (unpaired) electrons. The van der Waals surface area contributed by atoms with Crippen LogP contribution in [0.4, 0.5) is 4.79 Å². The molecule has 6 nitrogen and oxygen atoms in total. The Balaban J connectivity index is 1.58. The minimum Gasteiger partial charge on any atom is -0.449 e. The molecule has 1 aliphatic carbocycles. The second-order valence-corrected chi connectivity index (χ2v) is 7.09. The Morgan fingerprint density at radius 2 is 1.71 bits per heavy atom. The van der Waals surface area contributed by atoms with Crippen molar-refractivity contribution in [3.05, 3.63) is 59.7 Å². The predicted octanol–water partition coefficient (Wildman–Crippen LogP) is 3.27. The van der Waals surface area contributed by atoms with E-state index < -0.39 is 12.1 Å². The van der Waals surface area contributed by atoms with Crippen LogP contribution in [0, 0.1) is 0 Å². The van der Waals surface area contributed by atoms with Gasteiger partial charge in [-0.2, -0.15) is 0 Å². The lowest BCUT2D eigenvalue weighted by atomic mass is 9.98. The first kappa shape index (κ1) is 19.9. The van der Waals surface area contributed by atoms with Gasteiger partial charge in [-0.1, -0.05) is 60.5 Å². The molecule has 0 aromatic heterocycles. The first-order valence-corrected chi connectivity index (χ1v) is 10.2. The molecule has 28 heavy (non-hydrogen) atoms. The largest absolute Gasteiger partial charge is 0.449 e. The lowest BCUT2D eigenvalue weighted by Crippen LogP contribution is -2.37. The van der Waals surface area contributed by atoms with Gasteiger partial charge >= 0.3 is 6.09 Å². The summed E-state index contributed by atoms with van der Waals surface area (Å²) < 4.78 is 7.99. The van der Waals surface area contributed by atoms with Gasteiger partial charge in [0.15, 0.2) is 0 Å². The maximum absolute atomic E-state index is 12.2. The summed E-state index contributed by atoms with van der Waals surface area (Å²) in [4.78, 5) is 34.8. The van der Waals surface area contributed by atoms with Gasteiger partial charge in [-0.3, -0.25) is 4.79 Å². The van der Waals surface area contributed by atoms with E-state index in [-0.39, 0.29) is 31.3 Å². The number of ether oxygens (including phenoxy) is 1. The van der Waals surface area contributed by atoms with Crippen molar-refractivity contribution in [1.29, 1.82) is 0 Å². The fourth-order valence-corrected chi connectivity index (χ4v) is 3.75. The molecule has 2 aromatic rings. The zero-order valence-corrected chi connectivity index (χ0v) is 16.3. The van der Waals surface area contributed by atoms with Crippen LogP contribution in [0.15, 0.2) is 48.5 Å². The molecule has 2 N–H and O–H groups in total. The van der Waals surface area contributed by atoms with Crippen LogP contribution in [0.3, 0.4) is 0 Å². The Kier molecular flexibility index (Phi) is 6.71. The molecule has 0 saturated carbocycles. The Labute approximate surface area is 168 Å². The number of alkyl carbamates (subject to hydrolysis) is 1. The summed E-state index contributed by atoms with van der Waals surface area (Å²) in [6.45, 7) is 0.179. The topological polar surface area (TPSA) is 84.5 Å². The second kappa shape index (κ2) is 9.41. The number of carbonyl (C=O) groups excluding carboxylic acids is 3. The Hall–Kier alpha value is -2.80. The van der Waals surface area contributed by atoms with Crippen molar-refractivity contribution < 1.29 is 19.1 Å². The number of rotatable bonds is 8. The van der Waals surface area contributed by atoms with Crippen LogP contribution < -0.4 is 10.0 Å². The molecule has 1 unspecified atom stereocenters. The third kappa shape index (κ3) is 4.54. The minimum absolute atomic E-state index is 0.0415. The summed E-state index contributed by atoms with van der Waals surface area (Å²) in [7, 11) is 0. The number of amides is 2. The average Bonchev–Trinajstić information content (AvgIpc) is 3.03. The zero-order chi connectivity index (χ0) is 19.9. The quantitative estimate of drug-likeness (QED) is 0.527. The first-order valence-electron chi connectivity index (χ1n) is 9.02. The fourth-order valence-electron chi connectivity index (χ4n) is 3.42. The van der Waals surface area contributed by atoms with Crippen LogP contribution in [-0.2, 0) is 14.3 Å². The summed E-state index contributed by atoms with van der Waals surface area (Å²) in [5, 5.41) is 2.52. The fraction of sp³-hybridized carbons (Fsp3) is 0.286. The van der Waals surface area contributed by atoms with Crippen LogP contribution in [0.25, 0.3) is 11.1 Å². The first-order chi connectivity index (χ1) is 13.6. The second-order valence-electron chi connectivity index (χ2n) is 6.48. The van der Waals surface area contributed by atoms with Crippen molar-refractivity contribution in [3.63, 3.8) is 0 Å². The van der Waals surface area contributed by atoms with Crippen molar-refractivity contribution in [2.45, 2.75) is 24.8 Å². The molecular weight excluding hydrogens is 376 g/mol. The Morgan fingerprint density at radius 3 is 2.29 bits per heavy atom. The molecule has 0 heterocycles. The molecule has 0 spiro atoms. The van der Waals surface area contributed by atoms with E-state index in [2.05, 4.69) is 22.2 Å². The maximum Gasteiger partial charge on any atom is 0.407 e. The third-order valence-electron chi connectivity index (χ3n) is 4.71. The summed E-state index contributed by atoms with van der Waals surface area (Å²) in [6.07, 6.45) is 2.07. The summed E-state index contributed by atoms with van der Waals surface area (Å²) in [5.74, 6) is -0.228. The lowest BCUT2D eigenvalue weighted by molar-refractivity contribution is -0.119. The van der Waals surface area contributed by atoms with Gasteiger partial charge in [-0.25, -0.2) is 4.79 Å². The van der Waals surface area contributed by atoms with E-state index in [0.29, 0.717) is 6.29 Å². The highest BCUT2D eigenvalue weighted by atomic mass is 32.2. The highest BCUT2D eigenvalue weighted by Crippen LogP contribution is 2.44. The average molecular weight is 398 g/mol. The van der Waals surface area contributed by atoms with Crippen LogP contribution in [-0.4, -0.2) is 37.2 Å². The Bertz CT molecular complexity index is 825. The summed E-state index contributed by atoms with van der Waals surface area (Å²) >= 11 is 1.19. The van der Waals surface area contributed by atoms with Gasteiger partial charge in [0.25, 0.3) is 0 Å². The van der Waals surface area contributed by atoms with Crippen molar-refractivity contribution in [2.24, 2.45) is 0 Å². The molecule has 3 rings (SSSR count). The number of hydrogen-bond donors (Lipinski definition) is 2. The predicted molar refractivity (Wildman–Crippen MR) is 109 cm³/mol. The van der Waals surface area contributed by atoms with Crippen molar-refractivity contribution >= 4 is 30.2 Å². The van der Waals surface area contributed by atoms with Gasteiger partial charge in [-0.15, -0.1) is 0 Å². The molecule has 1 aliphatic rings. The van der Waals surface area contributed by atoms with Crippen LogP contribution >= 0.6 is 11.9 Å². The third-order valence-corrected chi connectivity index (χ3v) is 5.14. The van der Waals surface area contributed by atoms with E-state index >= 15 is 0 Å². The van der Waals surface area contributed by atoms with Gasteiger partial charge in [0, 0.05) is 18.6 Å². The molecule has 0 bridgehead atoms. The molecule has 7 heteroatoms. The zero-order valence-electron chi connectivity index (χ0n) is 15.5. The summed E-state index contributed by atoms with van der Waals surface area (Å²) in [6, 6.07) is 15.4. The number of benzene rings is 2. The van der Waals surface area contributed by atoms with E-state index in [1.807, 2.05) is 36.4 Å². The standard InChI is InChI=1S/C21H22N2O4S/c1-28-23-20(25)11-10-14(12-24)22-21(26)27-13-19-17-8-4-2-6-15(17)16-7-3-5-9-18(16)19/h2-9,12,14,19H,10-11,13H2,1H3,(H,22,26)(H,23,25). The smallest absolute Gasteiger partial charge is 0.407 e. The number of carbonyl (C=O) groups is 3. The van der Waals surface area contributed by atoms with Crippen LogP contribution in [0.5, 0.6) is 0 Å². The molecule has 2 amide bonds. The molecule has 0 fully saturated rings. The van der Waals surface area contributed by atoms with Gasteiger partial charge in [0.05, 0.1) is 6.04 Å². The maximum atomic E-state index is 12.2. The molecule has 0 aliphatic heterocycles. The van der Waals surface area contributed by atoms with Gasteiger partial charge < -0.3 is 19.6 Å². The minimum atomic E-state index is -0.761. The number of hydrogen-bond acceptors (Lipinski definition) is 5. The number of fused-ring (bicyclic) bond motifs is 3. The number of aldehydes is 1. The van der Waals surface area contributed by atoms with E-state index in [1.165, 1.54) is 11.9 Å². The van der Waals surface area contributed by atoms with Gasteiger partial charge in [-0.05, 0) is 28.7 Å². The van der Waals surface area contributed by atoms with E-state index in [9.17, 15) is 14.4 Å². The van der Waals surface area contributed by atoms with Crippen molar-refractivity contribution in [2.75, 3.05) is 12.9 Å². The molecule has 0 saturated heterocycles. The highest BCUT2D eigenvalue weighted by Gasteiger charge is 2.29. The van der Waals surface area contributed by atoms with Crippen molar-refractivity contribution in [3.8, 4) is 11.1 Å². The molecule has 2 aromatic carbocycles. The SMILES string of the molecule is CSNC(=O)CCC(C=O)NC(=O)OCC1c2ccccc2-c2ccccc21. The highest BCUT2D eigenvalue weighted by molar-refractivity contribution is 7.97. The van der Waals surface area contributed by atoms with Crippen molar-refractivity contribution in [1.82, 2.24) is 10.0 Å².